The zero-order chi connectivity index (χ0) is 13.9. The SMILES string of the molecule is CN1C(=O)/C(=C\c2ccco2)SC1=Nc1ccccc1. The predicted molar refractivity (Wildman–Crippen MR) is 80.6 cm³/mol. The minimum absolute atomic E-state index is 0.0684. The first-order chi connectivity index (χ1) is 9.74. The summed E-state index contributed by atoms with van der Waals surface area (Å²) in [4.78, 5) is 18.8. The van der Waals surface area contributed by atoms with Crippen LogP contribution in [-0.2, 0) is 4.79 Å². The van der Waals surface area contributed by atoms with E-state index in [2.05, 4.69) is 4.99 Å². The Labute approximate surface area is 120 Å². The Hall–Kier alpha value is -2.27. The number of amidine groups is 1. The van der Waals surface area contributed by atoms with E-state index in [0.717, 1.165) is 5.69 Å². The fraction of sp³-hybridized carbons (Fsp3) is 0.0667. The monoisotopic (exact) mass is 284 g/mol. The molecule has 1 saturated heterocycles. The Morgan fingerprint density at radius 2 is 2.00 bits per heavy atom. The van der Waals surface area contributed by atoms with Crippen LogP contribution >= 0.6 is 11.8 Å². The molecule has 100 valence electrons. The highest BCUT2D eigenvalue weighted by Crippen LogP contribution is 2.32. The van der Waals surface area contributed by atoms with Crippen molar-refractivity contribution in [3.63, 3.8) is 0 Å². The largest absolute Gasteiger partial charge is 0.465 e. The lowest BCUT2D eigenvalue weighted by atomic mass is 10.3. The van der Waals surface area contributed by atoms with Crippen LogP contribution in [0.2, 0.25) is 0 Å². The van der Waals surface area contributed by atoms with Gasteiger partial charge in [-0.3, -0.25) is 9.69 Å². The molecular weight excluding hydrogens is 272 g/mol. The molecule has 1 aromatic carbocycles. The van der Waals surface area contributed by atoms with Crippen molar-refractivity contribution in [1.82, 2.24) is 4.90 Å². The summed E-state index contributed by atoms with van der Waals surface area (Å²) < 4.78 is 5.23. The third kappa shape index (κ3) is 2.53. The molecule has 2 aromatic rings. The molecule has 0 radical (unpaired) electrons. The van der Waals surface area contributed by atoms with Gasteiger partial charge in [-0.1, -0.05) is 18.2 Å². The van der Waals surface area contributed by atoms with E-state index in [4.69, 9.17) is 4.42 Å². The number of hydrogen-bond acceptors (Lipinski definition) is 4. The highest BCUT2D eigenvalue weighted by atomic mass is 32.2. The molecule has 1 aliphatic heterocycles. The molecule has 3 rings (SSSR count). The smallest absolute Gasteiger partial charge is 0.266 e. The molecule has 1 aliphatic rings. The number of hydrogen-bond donors (Lipinski definition) is 0. The minimum atomic E-state index is -0.0684. The first kappa shape index (κ1) is 12.7. The lowest BCUT2D eigenvalue weighted by molar-refractivity contribution is -0.121. The summed E-state index contributed by atoms with van der Waals surface area (Å²) in [6.45, 7) is 0. The Morgan fingerprint density at radius 1 is 1.20 bits per heavy atom. The number of rotatable bonds is 2. The van der Waals surface area contributed by atoms with E-state index in [-0.39, 0.29) is 5.91 Å². The zero-order valence-corrected chi connectivity index (χ0v) is 11.6. The van der Waals surface area contributed by atoms with Crippen LogP contribution in [0.1, 0.15) is 5.76 Å². The second kappa shape index (κ2) is 5.38. The Morgan fingerprint density at radius 3 is 2.70 bits per heavy atom. The standard InChI is InChI=1S/C15H12N2O2S/c1-17-14(18)13(10-12-8-5-9-19-12)20-15(17)16-11-6-3-2-4-7-11/h2-10H,1H3/b13-10+,16-15?. The molecule has 4 nitrogen and oxygen atoms in total. The molecule has 0 bridgehead atoms. The summed E-state index contributed by atoms with van der Waals surface area (Å²) in [7, 11) is 1.72. The van der Waals surface area contributed by atoms with Crippen LogP contribution in [0.5, 0.6) is 0 Å². The lowest BCUT2D eigenvalue weighted by Gasteiger charge is -2.06. The molecule has 1 amide bonds. The van der Waals surface area contributed by atoms with Crippen LogP contribution in [0, 0.1) is 0 Å². The quantitative estimate of drug-likeness (QED) is 0.793. The van der Waals surface area contributed by atoms with Gasteiger partial charge in [0.05, 0.1) is 16.9 Å². The summed E-state index contributed by atoms with van der Waals surface area (Å²) in [5.74, 6) is 0.594. The molecule has 1 fully saturated rings. The molecule has 0 spiro atoms. The summed E-state index contributed by atoms with van der Waals surface area (Å²) in [5, 5.41) is 0.666. The van der Waals surface area contributed by atoms with Gasteiger partial charge in [-0.25, -0.2) is 4.99 Å². The summed E-state index contributed by atoms with van der Waals surface area (Å²) in [5.41, 5.74) is 0.828. The lowest BCUT2D eigenvalue weighted by Crippen LogP contribution is -2.23. The van der Waals surface area contributed by atoms with Crippen LogP contribution in [-0.4, -0.2) is 23.0 Å². The van der Waals surface area contributed by atoms with Crippen molar-refractivity contribution >= 4 is 34.6 Å². The van der Waals surface area contributed by atoms with Gasteiger partial charge in [0.15, 0.2) is 5.17 Å². The molecule has 0 atom stereocenters. The topological polar surface area (TPSA) is 45.8 Å². The van der Waals surface area contributed by atoms with E-state index in [9.17, 15) is 4.79 Å². The number of carbonyl (C=O) groups is 1. The van der Waals surface area contributed by atoms with Gasteiger partial charge in [-0.2, -0.15) is 0 Å². The van der Waals surface area contributed by atoms with Crippen LogP contribution in [0.25, 0.3) is 6.08 Å². The van der Waals surface area contributed by atoms with Crippen molar-refractivity contribution in [3.8, 4) is 0 Å². The van der Waals surface area contributed by atoms with Gasteiger partial charge >= 0.3 is 0 Å². The molecule has 0 unspecified atom stereocenters. The third-order valence-electron chi connectivity index (χ3n) is 2.80. The summed E-state index contributed by atoms with van der Waals surface area (Å²) in [6, 6.07) is 13.2. The van der Waals surface area contributed by atoms with Gasteiger partial charge in [0, 0.05) is 13.1 Å². The maximum absolute atomic E-state index is 12.1. The molecule has 0 saturated carbocycles. The minimum Gasteiger partial charge on any atom is -0.465 e. The molecule has 0 aliphatic carbocycles. The number of para-hydroxylation sites is 1. The number of aliphatic imine (C=N–C) groups is 1. The van der Waals surface area contributed by atoms with E-state index in [0.29, 0.717) is 15.8 Å². The molecule has 20 heavy (non-hydrogen) atoms. The van der Waals surface area contributed by atoms with Gasteiger partial charge in [-0.15, -0.1) is 0 Å². The van der Waals surface area contributed by atoms with E-state index >= 15 is 0 Å². The predicted octanol–water partition coefficient (Wildman–Crippen LogP) is 3.51. The number of carbonyl (C=O) groups excluding carboxylic acids is 1. The van der Waals surface area contributed by atoms with Crippen LogP contribution < -0.4 is 0 Å². The van der Waals surface area contributed by atoms with Gasteiger partial charge in [-0.05, 0) is 36.0 Å². The average molecular weight is 284 g/mol. The maximum Gasteiger partial charge on any atom is 0.266 e. The Balaban J connectivity index is 1.89. The average Bonchev–Trinajstić information content (AvgIpc) is 3.06. The van der Waals surface area contributed by atoms with E-state index < -0.39 is 0 Å². The van der Waals surface area contributed by atoms with Crippen LogP contribution in [0.4, 0.5) is 5.69 Å². The van der Waals surface area contributed by atoms with E-state index in [1.54, 1.807) is 30.4 Å². The van der Waals surface area contributed by atoms with Gasteiger partial charge < -0.3 is 4.42 Å². The number of thioether (sulfide) groups is 1. The molecule has 1 aromatic heterocycles. The van der Waals surface area contributed by atoms with E-state index in [1.807, 2.05) is 36.4 Å². The van der Waals surface area contributed by atoms with Crippen molar-refractivity contribution in [2.75, 3.05) is 7.05 Å². The Bertz CT molecular complexity index is 675. The molecule has 0 N–H and O–H groups in total. The second-order valence-electron chi connectivity index (χ2n) is 4.22. The van der Waals surface area contributed by atoms with Gasteiger partial charge in [0.25, 0.3) is 5.91 Å². The third-order valence-corrected chi connectivity index (χ3v) is 3.86. The van der Waals surface area contributed by atoms with Crippen molar-refractivity contribution in [1.29, 1.82) is 0 Å². The highest BCUT2D eigenvalue weighted by Gasteiger charge is 2.30. The van der Waals surface area contributed by atoms with E-state index in [1.165, 1.54) is 11.8 Å². The number of amides is 1. The fourth-order valence-electron chi connectivity index (χ4n) is 1.77. The maximum atomic E-state index is 12.1. The number of likely N-dealkylation sites (N-methyl/N-ethyl adjacent to an activating group) is 1. The fourth-order valence-corrected chi connectivity index (χ4v) is 2.73. The summed E-state index contributed by atoms with van der Waals surface area (Å²) in [6.07, 6.45) is 3.32. The van der Waals surface area contributed by atoms with Crippen molar-refractivity contribution in [2.45, 2.75) is 0 Å². The number of nitrogens with zero attached hydrogens (tertiary/aromatic N) is 2. The van der Waals surface area contributed by atoms with Crippen molar-refractivity contribution < 1.29 is 9.21 Å². The van der Waals surface area contributed by atoms with Gasteiger partial charge in [0.2, 0.25) is 0 Å². The van der Waals surface area contributed by atoms with Gasteiger partial charge in [0.1, 0.15) is 5.76 Å². The normalized spacial score (nSPS) is 19.2. The highest BCUT2D eigenvalue weighted by molar-refractivity contribution is 8.18. The number of benzene rings is 1. The van der Waals surface area contributed by atoms with Crippen molar-refractivity contribution in [3.05, 3.63) is 59.4 Å². The second-order valence-corrected chi connectivity index (χ2v) is 5.23. The molecule has 5 heteroatoms. The van der Waals surface area contributed by atoms with Crippen LogP contribution in [0.15, 0.2) is 63.0 Å². The zero-order valence-electron chi connectivity index (χ0n) is 10.8. The Kier molecular flexibility index (Phi) is 3.43. The number of furan rings is 1. The molecular formula is C15H12N2O2S. The first-order valence-electron chi connectivity index (χ1n) is 6.09. The van der Waals surface area contributed by atoms with Crippen molar-refractivity contribution in [2.24, 2.45) is 4.99 Å². The van der Waals surface area contributed by atoms with Crippen LogP contribution in [0.3, 0.4) is 0 Å². The molecule has 2 heterocycles. The first-order valence-corrected chi connectivity index (χ1v) is 6.90. The summed E-state index contributed by atoms with van der Waals surface area (Å²) >= 11 is 1.35.